The number of rotatable bonds is 0. The van der Waals surface area contributed by atoms with Gasteiger partial charge in [-0.25, -0.2) is 0 Å². The summed E-state index contributed by atoms with van der Waals surface area (Å²) >= 11 is 0. The van der Waals surface area contributed by atoms with Gasteiger partial charge < -0.3 is 52.6 Å². The van der Waals surface area contributed by atoms with E-state index in [1.165, 1.54) is 0 Å². The standard InChI is InChI=1S/5H2O2.Ta/c5*1-2;/h5*1-2H;/q;;;;;+5/p-5. The molecule has 0 spiro atoms. The van der Waals surface area contributed by atoms with Crippen LogP contribution in [0.1, 0.15) is 0 Å². The van der Waals surface area contributed by atoms with Gasteiger partial charge in [0.15, 0.2) is 0 Å². The topological polar surface area (TPSA) is 216 Å². The molecule has 0 aromatic rings. The molecule has 0 saturated carbocycles. The zero-order valence-corrected chi connectivity index (χ0v) is 7.94. The Morgan fingerprint density at radius 3 is 0.364 bits per heavy atom. The summed E-state index contributed by atoms with van der Waals surface area (Å²) in [5.41, 5.74) is 0. The second-order valence-electron chi connectivity index (χ2n) is 0. The summed E-state index contributed by atoms with van der Waals surface area (Å²) in [7, 11) is 0. The van der Waals surface area contributed by atoms with Gasteiger partial charge in [0.1, 0.15) is 0 Å². The molecule has 10 nitrogen and oxygen atoms in total. The average molecular weight is 346 g/mol. The summed E-state index contributed by atoms with van der Waals surface area (Å²) < 4.78 is 0. The van der Waals surface area contributed by atoms with Crippen molar-refractivity contribution in [1.29, 1.82) is 0 Å². The quantitative estimate of drug-likeness (QED) is 0.207. The Balaban J connectivity index is -0.00000000694. The Kier molecular flexibility index (Phi) is 30100. The molecule has 0 unspecified atom stereocenters. The van der Waals surface area contributed by atoms with Crippen LogP contribution in [0.5, 0.6) is 0 Å². The maximum Gasteiger partial charge on any atom is 5.00 e. The van der Waals surface area contributed by atoms with E-state index in [1.807, 2.05) is 0 Å². The summed E-state index contributed by atoms with van der Waals surface area (Å²) in [6.07, 6.45) is 0. The second kappa shape index (κ2) is 7790. The third-order valence-corrected chi connectivity index (χ3v) is 0. The van der Waals surface area contributed by atoms with Crippen LogP contribution in [-0.4, -0.2) is 26.3 Å². The van der Waals surface area contributed by atoms with Gasteiger partial charge in [0.2, 0.25) is 0 Å². The Hall–Kier alpha value is 0.340. The Bertz CT molecular complexity index is 4.83. The first-order chi connectivity index (χ1) is 5.00. The van der Waals surface area contributed by atoms with Gasteiger partial charge >= 0.3 is 22.4 Å². The van der Waals surface area contributed by atoms with Crippen LogP contribution in [-0.2, 0) is 22.4 Å². The van der Waals surface area contributed by atoms with E-state index in [2.05, 4.69) is 0 Å². The van der Waals surface area contributed by atoms with Crippen molar-refractivity contribution in [3.63, 3.8) is 0 Å². The summed E-state index contributed by atoms with van der Waals surface area (Å²) in [4.78, 5) is 0. The van der Waals surface area contributed by atoms with Gasteiger partial charge in [-0.1, -0.05) is 0 Å². The first-order valence-corrected chi connectivity index (χ1v) is 0.913. The van der Waals surface area contributed by atoms with Gasteiger partial charge in [0, 0.05) is 0 Å². The van der Waals surface area contributed by atoms with E-state index in [4.69, 9.17) is 52.6 Å². The molecule has 0 atom stereocenters. The predicted octanol–water partition coefficient (Wildman–Crippen LogP) is -5.90. The molecule has 0 aliphatic heterocycles. The van der Waals surface area contributed by atoms with Crippen molar-refractivity contribution in [1.82, 2.24) is 0 Å². The van der Waals surface area contributed by atoms with Crippen LogP contribution in [0.3, 0.4) is 0 Å². The molecule has 11 heavy (non-hydrogen) atoms. The van der Waals surface area contributed by atoms with E-state index < -0.39 is 0 Å². The molecule has 0 radical (unpaired) electrons. The molecule has 0 rings (SSSR count). The van der Waals surface area contributed by atoms with Crippen LogP contribution < -0.4 is 26.3 Å². The minimum absolute atomic E-state index is 0. The zero-order valence-electron chi connectivity index (χ0n) is 4.72. The summed E-state index contributed by atoms with van der Waals surface area (Å²) in [5, 5.41) is 65.0. The molecule has 0 aromatic heterocycles. The molecular formula is H5O10Ta. The van der Waals surface area contributed by atoms with E-state index in [0.29, 0.717) is 0 Å². The molecule has 0 aliphatic rings. The van der Waals surface area contributed by atoms with Crippen LogP contribution in [0, 0.1) is 0 Å². The first-order valence-electron chi connectivity index (χ1n) is 0.913. The maximum atomic E-state index is 7.25. The summed E-state index contributed by atoms with van der Waals surface area (Å²) in [5.74, 6) is 0. The van der Waals surface area contributed by atoms with Crippen molar-refractivity contribution in [3.05, 3.63) is 0 Å². The largest absolute Gasteiger partial charge is 5.00 e. The molecule has 0 aromatic carbocycles. The van der Waals surface area contributed by atoms with Gasteiger partial charge in [-0.05, 0) is 0 Å². The minimum atomic E-state index is 0. The molecule has 5 N–H and O–H groups in total. The van der Waals surface area contributed by atoms with Gasteiger partial charge in [-0.3, -0.25) is 0 Å². The van der Waals surface area contributed by atoms with E-state index in [-0.39, 0.29) is 22.4 Å². The van der Waals surface area contributed by atoms with Crippen LogP contribution in [0.4, 0.5) is 0 Å². The molecule has 0 heterocycles. The molecule has 11 heteroatoms. The van der Waals surface area contributed by atoms with Crippen molar-refractivity contribution in [3.8, 4) is 0 Å². The summed E-state index contributed by atoms with van der Waals surface area (Å²) in [6, 6.07) is 0. The Morgan fingerprint density at radius 1 is 0.364 bits per heavy atom. The fraction of sp³-hybridized carbons (Fsp3) is 0. The van der Waals surface area contributed by atoms with Crippen molar-refractivity contribution in [2.75, 3.05) is 0 Å². The third kappa shape index (κ3) is 6210. The SMILES string of the molecule is [O-]O.[O-]O.[O-]O.[O-]O.[O-]O.[Ta+5]. The van der Waals surface area contributed by atoms with Gasteiger partial charge in [0.25, 0.3) is 0 Å². The van der Waals surface area contributed by atoms with E-state index in [0.717, 1.165) is 0 Å². The van der Waals surface area contributed by atoms with E-state index >= 15 is 0 Å². The fourth-order valence-electron chi connectivity index (χ4n) is 0. The first kappa shape index (κ1) is 42.5. The normalized spacial score (nSPS) is 2.73. The van der Waals surface area contributed by atoms with Crippen molar-refractivity contribution in [2.24, 2.45) is 0 Å². The van der Waals surface area contributed by atoms with Gasteiger partial charge in [0.05, 0.1) is 0 Å². The average Bonchev–Trinajstić information content (AvgIpc) is 2.20. The van der Waals surface area contributed by atoms with Gasteiger partial charge in [-0.15, -0.1) is 0 Å². The van der Waals surface area contributed by atoms with Crippen LogP contribution in [0.25, 0.3) is 0 Å². The zero-order chi connectivity index (χ0) is 10.0. The molecule has 0 bridgehead atoms. The maximum absolute atomic E-state index is 7.25. The molecule has 0 saturated heterocycles. The predicted molar refractivity (Wildman–Crippen MR) is 13.1 cm³/mol. The Labute approximate surface area is 75.6 Å². The minimum Gasteiger partial charge on any atom is -0.727 e. The number of hydrogen-bond donors (Lipinski definition) is 5. The molecule has 70 valence electrons. The molecule has 0 fully saturated rings. The summed E-state index contributed by atoms with van der Waals surface area (Å²) in [6.45, 7) is 0. The van der Waals surface area contributed by atoms with Crippen molar-refractivity contribution >= 4 is 0 Å². The van der Waals surface area contributed by atoms with Crippen LogP contribution >= 0.6 is 0 Å². The molecule has 0 amide bonds. The Morgan fingerprint density at radius 2 is 0.364 bits per heavy atom. The van der Waals surface area contributed by atoms with Gasteiger partial charge in [-0.2, -0.15) is 0 Å². The smallest absolute Gasteiger partial charge is 0.727 e. The third-order valence-electron chi connectivity index (χ3n) is 0. The molecular weight excluding hydrogens is 341 g/mol. The number of hydrogen-bond acceptors (Lipinski definition) is 10. The van der Waals surface area contributed by atoms with Crippen LogP contribution in [0.2, 0.25) is 0 Å². The molecule has 0 aliphatic carbocycles. The van der Waals surface area contributed by atoms with Crippen molar-refractivity contribution < 1.29 is 75.0 Å². The monoisotopic (exact) mass is 346 g/mol. The van der Waals surface area contributed by atoms with E-state index in [1.54, 1.807) is 0 Å². The fourth-order valence-corrected chi connectivity index (χ4v) is 0. The van der Waals surface area contributed by atoms with Crippen molar-refractivity contribution in [2.45, 2.75) is 0 Å². The van der Waals surface area contributed by atoms with E-state index in [9.17, 15) is 0 Å². The second-order valence-corrected chi connectivity index (χ2v) is 0. The van der Waals surface area contributed by atoms with Crippen LogP contribution in [0.15, 0.2) is 0 Å².